The van der Waals surface area contributed by atoms with Crippen LogP contribution in [0.15, 0.2) is 24.3 Å². The minimum atomic E-state index is 0.352. The molecule has 0 heterocycles. The van der Waals surface area contributed by atoms with Crippen molar-refractivity contribution >= 4 is 11.6 Å². The van der Waals surface area contributed by atoms with Crippen LogP contribution in [0.4, 0.5) is 0 Å². The number of aromatic hydroxyl groups is 1. The highest BCUT2D eigenvalue weighted by molar-refractivity contribution is 6.20. The van der Waals surface area contributed by atoms with Crippen molar-refractivity contribution in [1.82, 2.24) is 0 Å². The van der Waals surface area contributed by atoms with Crippen molar-refractivity contribution in [1.29, 1.82) is 0 Å². The van der Waals surface area contributed by atoms with Crippen molar-refractivity contribution in [2.45, 2.75) is 43.9 Å². The summed E-state index contributed by atoms with van der Waals surface area (Å²) in [6, 6.07) is 7.60. The fourth-order valence-electron chi connectivity index (χ4n) is 2.60. The van der Waals surface area contributed by atoms with Crippen LogP contribution in [0, 0.1) is 5.92 Å². The summed E-state index contributed by atoms with van der Waals surface area (Å²) in [6.07, 6.45) is 7.18. The number of hydrogen-bond acceptors (Lipinski definition) is 1. The molecule has 2 heteroatoms. The average molecular weight is 239 g/mol. The zero-order chi connectivity index (χ0) is 11.4. The van der Waals surface area contributed by atoms with Crippen LogP contribution < -0.4 is 0 Å². The minimum Gasteiger partial charge on any atom is -0.508 e. The first-order valence-electron chi connectivity index (χ1n) is 6.16. The van der Waals surface area contributed by atoms with E-state index in [1.165, 1.54) is 24.8 Å². The van der Waals surface area contributed by atoms with Crippen molar-refractivity contribution in [2.24, 2.45) is 5.92 Å². The Morgan fingerprint density at radius 1 is 1.25 bits per heavy atom. The molecule has 2 rings (SSSR count). The molecule has 1 aliphatic rings. The molecule has 1 fully saturated rings. The fraction of sp³-hybridized carbons (Fsp3) is 0.571. The van der Waals surface area contributed by atoms with Gasteiger partial charge in [0, 0.05) is 5.38 Å². The Morgan fingerprint density at radius 2 is 2.06 bits per heavy atom. The highest BCUT2D eigenvalue weighted by Gasteiger charge is 2.18. The van der Waals surface area contributed by atoms with Crippen molar-refractivity contribution < 1.29 is 5.11 Å². The van der Waals surface area contributed by atoms with E-state index >= 15 is 0 Å². The molecule has 0 saturated heterocycles. The molecule has 0 spiro atoms. The Labute approximate surface area is 102 Å². The predicted molar refractivity (Wildman–Crippen MR) is 68.0 cm³/mol. The van der Waals surface area contributed by atoms with Crippen LogP contribution >= 0.6 is 11.6 Å². The average Bonchev–Trinajstić information content (AvgIpc) is 2.43. The Kier molecular flexibility index (Phi) is 4.11. The zero-order valence-corrected chi connectivity index (χ0v) is 10.3. The second-order valence-corrected chi connectivity index (χ2v) is 5.47. The van der Waals surface area contributed by atoms with Gasteiger partial charge in [-0.05, 0) is 42.9 Å². The molecule has 0 amide bonds. The number of phenolic OH excluding ortho intramolecular Hbond substituents is 1. The summed E-state index contributed by atoms with van der Waals surface area (Å²) in [5, 5.41) is 9.78. The summed E-state index contributed by atoms with van der Waals surface area (Å²) in [6.45, 7) is 0. The summed E-state index contributed by atoms with van der Waals surface area (Å²) < 4.78 is 0. The molecular formula is C14H19ClO. The SMILES string of the molecule is Oc1cccc(CC2CCCCC(Cl)C2)c1. The van der Waals surface area contributed by atoms with Gasteiger partial charge in [-0.15, -0.1) is 11.6 Å². The first-order chi connectivity index (χ1) is 7.74. The van der Waals surface area contributed by atoms with Gasteiger partial charge in [0.2, 0.25) is 0 Å². The largest absolute Gasteiger partial charge is 0.508 e. The topological polar surface area (TPSA) is 20.2 Å². The van der Waals surface area contributed by atoms with Gasteiger partial charge >= 0.3 is 0 Å². The smallest absolute Gasteiger partial charge is 0.115 e. The molecule has 1 saturated carbocycles. The molecule has 0 aliphatic heterocycles. The molecule has 1 aliphatic carbocycles. The van der Waals surface area contributed by atoms with E-state index in [9.17, 15) is 5.11 Å². The van der Waals surface area contributed by atoms with Gasteiger partial charge < -0.3 is 5.11 Å². The third kappa shape index (κ3) is 3.41. The first-order valence-corrected chi connectivity index (χ1v) is 6.59. The van der Waals surface area contributed by atoms with Crippen LogP contribution in [0.1, 0.15) is 37.7 Å². The van der Waals surface area contributed by atoms with Gasteiger partial charge in [-0.2, -0.15) is 0 Å². The van der Waals surface area contributed by atoms with Crippen LogP contribution in [0.2, 0.25) is 0 Å². The molecule has 1 aromatic rings. The van der Waals surface area contributed by atoms with Crippen LogP contribution in [0.5, 0.6) is 5.75 Å². The van der Waals surface area contributed by atoms with Crippen LogP contribution in [-0.4, -0.2) is 10.5 Å². The molecule has 1 aromatic carbocycles. The predicted octanol–water partition coefficient (Wildman–Crippen LogP) is 4.12. The van der Waals surface area contributed by atoms with E-state index in [1.54, 1.807) is 6.07 Å². The molecular weight excluding hydrogens is 220 g/mol. The van der Waals surface area contributed by atoms with Gasteiger partial charge in [-0.1, -0.05) is 31.4 Å². The van der Waals surface area contributed by atoms with E-state index in [0.29, 0.717) is 17.0 Å². The van der Waals surface area contributed by atoms with Gasteiger partial charge in [-0.25, -0.2) is 0 Å². The van der Waals surface area contributed by atoms with Crippen molar-refractivity contribution in [3.05, 3.63) is 29.8 Å². The first kappa shape index (κ1) is 11.8. The molecule has 2 unspecified atom stereocenters. The molecule has 1 nitrogen and oxygen atoms in total. The highest BCUT2D eigenvalue weighted by atomic mass is 35.5. The lowest BCUT2D eigenvalue weighted by Crippen LogP contribution is -2.08. The highest BCUT2D eigenvalue weighted by Crippen LogP contribution is 2.29. The Hall–Kier alpha value is -0.690. The quantitative estimate of drug-likeness (QED) is 0.607. The number of halogens is 1. The normalized spacial score (nSPS) is 26.3. The number of benzene rings is 1. The number of hydrogen-bond donors (Lipinski definition) is 1. The van der Waals surface area contributed by atoms with Gasteiger partial charge in [0.05, 0.1) is 0 Å². The van der Waals surface area contributed by atoms with E-state index in [4.69, 9.17) is 11.6 Å². The monoisotopic (exact) mass is 238 g/mol. The summed E-state index contributed by atoms with van der Waals surface area (Å²) in [7, 11) is 0. The van der Waals surface area contributed by atoms with Crippen molar-refractivity contribution in [3.63, 3.8) is 0 Å². The van der Waals surface area contributed by atoms with Crippen molar-refractivity contribution in [2.75, 3.05) is 0 Å². The maximum atomic E-state index is 9.42. The van der Waals surface area contributed by atoms with Gasteiger partial charge in [0.1, 0.15) is 5.75 Å². The molecule has 0 bridgehead atoms. The molecule has 88 valence electrons. The summed E-state index contributed by atoms with van der Waals surface area (Å²) in [4.78, 5) is 0. The summed E-state index contributed by atoms with van der Waals surface area (Å²) in [5.74, 6) is 1.06. The molecule has 2 atom stereocenters. The lowest BCUT2D eigenvalue weighted by atomic mass is 9.92. The van der Waals surface area contributed by atoms with Gasteiger partial charge in [-0.3, -0.25) is 0 Å². The fourth-order valence-corrected chi connectivity index (χ4v) is 3.00. The second kappa shape index (κ2) is 5.58. The van der Waals surface area contributed by atoms with Crippen LogP contribution in [-0.2, 0) is 6.42 Å². The minimum absolute atomic E-state index is 0.352. The number of alkyl halides is 1. The van der Waals surface area contributed by atoms with E-state index in [2.05, 4.69) is 6.07 Å². The van der Waals surface area contributed by atoms with E-state index in [-0.39, 0.29) is 0 Å². The molecule has 16 heavy (non-hydrogen) atoms. The van der Waals surface area contributed by atoms with E-state index in [0.717, 1.165) is 19.3 Å². The third-order valence-corrected chi connectivity index (χ3v) is 3.80. The Balaban J connectivity index is 1.97. The van der Waals surface area contributed by atoms with Crippen LogP contribution in [0.25, 0.3) is 0 Å². The number of phenols is 1. The lowest BCUT2D eigenvalue weighted by molar-refractivity contribution is 0.454. The Morgan fingerprint density at radius 3 is 2.88 bits per heavy atom. The zero-order valence-electron chi connectivity index (χ0n) is 9.53. The lowest BCUT2D eigenvalue weighted by Gasteiger charge is -2.16. The number of rotatable bonds is 2. The molecule has 0 aromatic heterocycles. The maximum absolute atomic E-state index is 9.42. The van der Waals surface area contributed by atoms with E-state index in [1.807, 2.05) is 12.1 Å². The Bertz CT molecular complexity index is 337. The second-order valence-electron chi connectivity index (χ2n) is 4.86. The molecule has 0 radical (unpaired) electrons. The maximum Gasteiger partial charge on any atom is 0.115 e. The van der Waals surface area contributed by atoms with Gasteiger partial charge in [0.15, 0.2) is 0 Å². The third-order valence-electron chi connectivity index (χ3n) is 3.40. The van der Waals surface area contributed by atoms with Crippen molar-refractivity contribution in [3.8, 4) is 5.75 Å². The van der Waals surface area contributed by atoms with E-state index < -0.39 is 0 Å². The summed E-state index contributed by atoms with van der Waals surface area (Å²) >= 11 is 6.26. The van der Waals surface area contributed by atoms with Crippen LogP contribution in [0.3, 0.4) is 0 Å². The summed E-state index contributed by atoms with van der Waals surface area (Å²) in [5.41, 5.74) is 1.23. The standard InChI is InChI=1S/C14H19ClO/c15-13-6-2-1-4-11(9-13)8-12-5-3-7-14(16)10-12/h3,5,7,10-11,13,16H,1-2,4,6,8-9H2. The van der Waals surface area contributed by atoms with Gasteiger partial charge in [0.25, 0.3) is 0 Å². The molecule has 1 N–H and O–H groups in total.